The lowest BCUT2D eigenvalue weighted by molar-refractivity contribution is 0.100. The number of carbonyl (C=O) groups excluding carboxylic acids is 1. The predicted molar refractivity (Wildman–Crippen MR) is 94.3 cm³/mol. The highest BCUT2D eigenvalue weighted by Crippen LogP contribution is 2.26. The summed E-state index contributed by atoms with van der Waals surface area (Å²) >= 11 is 6.18. The molecule has 3 aromatic rings. The molecule has 3 rings (SSSR count). The smallest absolute Gasteiger partial charge is 0.404 e. The first-order valence-corrected chi connectivity index (χ1v) is 7.87. The van der Waals surface area contributed by atoms with Crippen LogP contribution in [-0.2, 0) is 6.42 Å². The third kappa shape index (κ3) is 3.56. The van der Waals surface area contributed by atoms with Crippen LogP contribution in [-0.4, -0.2) is 33.4 Å². The van der Waals surface area contributed by atoms with Crippen LogP contribution in [0, 0.1) is 0 Å². The van der Waals surface area contributed by atoms with Crippen LogP contribution in [0.4, 0.5) is 4.79 Å². The highest BCUT2D eigenvalue weighted by Gasteiger charge is 2.14. The van der Waals surface area contributed by atoms with Crippen LogP contribution in [0.25, 0.3) is 16.6 Å². The minimum Gasteiger partial charge on any atom is -0.465 e. The number of rotatable bonds is 5. The average molecular weight is 359 g/mol. The summed E-state index contributed by atoms with van der Waals surface area (Å²) in [5.74, 6) is -0.562. The van der Waals surface area contributed by atoms with Crippen molar-refractivity contribution in [1.82, 2.24) is 15.1 Å². The zero-order chi connectivity index (χ0) is 18.0. The SMILES string of the molecule is NC(=O)c1ccc(Cl)c2cn(-c3ccc(CCNC(=O)O)cc3)nc12. The molecular formula is C17H15ClN4O3. The lowest BCUT2D eigenvalue weighted by Crippen LogP contribution is -2.23. The molecule has 4 N–H and O–H groups in total. The van der Waals surface area contributed by atoms with Gasteiger partial charge in [-0.05, 0) is 36.2 Å². The van der Waals surface area contributed by atoms with E-state index >= 15 is 0 Å². The minimum atomic E-state index is -1.04. The van der Waals surface area contributed by atoms with E-state index in [9.17, 15) is 9.59 Å². The van der Waals surface area contributed by atoms with Gasteiger partial charge in [0.05, 0.1) is 16.3 Å². The van der Waals surface area contributed by atoms with Crippen molar-refractivity contribution >= 4 is 34.5 Å². The molecule has 0 unspecified atom stereocenters. The molecule has 7 nitrogen and oxygen atoms in total. The van der Waals surface area contributed by atoms with Gasteiger partial charge in [-0.25, -0.2) is 9.48 Å². The first-order chi connectivity index (χ1) is 12.0. The number of halogens is 1. The number of hydrogen-bond acceptors (Lipinski definition) is 3. The van der Waals surface area contributed by atoms with Gasteiger partial charge in [0, 0.05) is 18.1 Å². The van der Waals surface area contributed by atoms with Crippen molar-refractivity contribution in [2.75, 3.05) is 6.54 Å². The van der Waals surface area contributed by atoms with Gasteiger partial charge < -0.3 is 16.2 Å². The number of aromatic nitrogens is 2. The summed E-state index contributed by atoms with van der Waals surface area (Å²) < 4.78 is 1.63. The molecule has 0 radical (unpaired) electrons. The highest BCUT2D eigenvalue weighted by atomic mass is 35.5. The number of hydrogen-bond donors (Lipinski definition) is 3. The Labute approximate surface area is 148 Å². The van der Waals surface area contributed by atoms with Gasteiger partial charge in [-0.2, -0.15) is 5.10 Å². The molecule has 0 saturated carbocycles. The molecular weight excluding hydrogens is 344 g/mol. The van der Waals surface area contributed by atoms with Crippen LogP contribution in [0.5, 0.6) is 0 Å². The zero-order valence-corrected chi connectivity index (χ0v) is 13.8. The van der Waals surface area contributed by atoms with Crippen LogP contribution in [0.3, 0.4) is 0 Å². The molecule has 0 spiro atoms. The number of fused-ring (bicyclic) bond motifs is 1. The fraction of sp³-hybridized carbons (Fsp3) is 0.118. The number of amides is 2. The standard InChI is InChI=1S/C17H15ClN4O3/c18-14-6-5-12(16(19)23)15-13(14)9-22(21-15)11-3-1-10(2-4-11)7-8-20-17(24)25/h1-6,9,20H,7-8H2,(H2,19,23)(H,24,25). The second-order valence-electron chi connectivity index (χ2n) is 5.44. The van der Waals surface area contributed by atoms with E-state index in [0.29, 0.717) is 34.5 Å². The monoisotopic (exact) mass is 358 g/mol. The van der Waals surface area contributed by atoms with E-state index in [1.807, 2.05) is 24.3 Å². The van der Waals surface area contributed by atoms with Gasteiger partial charge in [0.1, 0.15) is 5.52 Å². The van der Waals surface area contributed by atoms with Gasteiger partial charge in [-0.15, -0.1) is 0 Å². The molecule has 0 bridgehead atoms. The first-order valence-electron chi connectivity index (χ1n) is 7.49. The van der Waals surface area contributed by atoms with Crippen molar-refractivity contribution in [2.45, 2.75) is 6.42 Å². The fourth-order valence-electron chi connectivity index (χ4n) is 2.53. The van der Waals surface area contributed by atoms with Crippen molar-refractivity contribution in [1.29, 1.82) is 0 Å². The molecule has 25 heavy (non-hydrogen) atoms. The lowest BCUT2D eigenvalue weighted by atomic mass is 10.1. The van der Waals surface area contributed by atoms with Crippen LogP contribution >= 0.6 is 11.6 Å². The summed E-state index contributed by atoms with van der Waals surface area (Å²) in [7, 11) is 0. The van der Waals surface area contributed by atoms with Gasteiger partial charge in [0.15, 0.2) is 0 Å². The summed E-state index contributed by atoms with van der Waals surface area (Å²) in [6, 6.07) is 10.7. The Balaban J connectivity index is 1.89. The number of nitrogens with two attached hydrogens (primary N) is 1. The Bertz CT molecular complexity index is 950. The molecule has 0 aliphatic heterocycles. The van der Waals surface area contributed by atoms with Crippen LogP contribution in [0.2, 0.25) is 5.02 Å². The number of carbonyl (C=O) groups is 2. The maximum atomic E-state index is 11.5. The van der Waals surface area contributed by atoms with Gasteiger partial charge in [-0.1, -0.05) is 23.7 Å². The Morgan fingerprint density at radius 3 is 2.56 bits per heavy atom. The van der Waals surface area contributed by atoms with Gasteiger partial charge in [0.2, 0.25) is 0 Å². The normalized spacial score (nSPS) is 10.8. The number of nitrogens with one attached hydrogen (secondary N) is 1. The van der Waals surface area contributed by atoms with E-state index < -0.39 is 12.0 Å². The minimum absolute atomic E-state index is 0.314. The maximum Gasteiger partial charge on any atom is 0.404 e. The molecule has 128 valence electrons. The van der Waals surface area contributed by atoms with Crippen molar-refractivity contribution < 1.29 is 14.7 Å². The van der Waals surface area contributed by atoms with Crippen LogP contribution in [0.15, 0.2) is 42.6 Å². The van der Waals surface area contributed by atoms with Crippen molar-refractivity contribution in [3.63, 3.8) is 0 Å². The number of nitrogens with zero attached hydrogens (tertiary/aromatic N) is 2. The molecule has 2 amide bonds. The second-order valence-corrected chi connectivity index (χ2v) is 5.85. The summed E-state index contributed by atoms with van der Waals surface area (Å²) in [6.07, 6.45) is 1.29. The van der Waals surface area contributed by atoms with E-state index in [1.165, 1.54) is 0 Å². The number of benzene rings is 2. The topological polar surface area (TPSA) is 110 Å². The van der Waals surface area contributed by atoms with Crippen molar-refractivity contribution in [3.05, 3.63) is 58.7 Å². The number of primary amides is 1. The van der Waals surface area contributed by atoms with Crippen LogP contribution < -0.4 is 11.1 Å². The molecule has 2 aromatic carbocycles. The first kappa shape index (κ1) is 16.8. The average Bonchev–Trinajstić information content (AvgIpc) is 3.01. The molecule has 0 aliphatic rings. The molecule has 0 fully saturated rings. The summed E-state index contributed by atoms with van der Waals surface area (Å²) in [5, 5.41) is 16.4. The quantitative estimate of drug-likeness (QED) is 0.651. The van der Waals surface area contributed by atoms with E-state index in [2.05, 4.69) is 10.4 Å². The summed E-state index contributed by atoms with van der Waals surface area (Å²) in [5.41, 5.74) is 7.93. The van der Waals surface area contributed by atoms with Crippen LogP contribution in [0.1, 0.15) is 15.9 Å². The summed E-state index contributed by atoms with van der Waals surface area (Å²) in [6.45, 7) is 0.345. The molecule has 0 aliphatic carbocycles. The predicted octanol–water partition coefficient (Wildman–Crippen LogP) is 2.59. The molecule has 8 heteroatoms. The largest absolute Gasteiger partial charge is 0.465 e. The summed E-state index contributed by atoms with van der Waals surface area (Å²) in [4.78, 5) is 22.0. The van der Waals surface area contributed by atoms with Crippen molar-refractivity contribution in [3.8, 4) is 5.69 Å². The van der Waals surface area contributed by atoms with E-state index in [0.717, 1.165) is 11.3 Å². The van der Waals surface area contributed by atoms with Gasteiger partial charge in [-0.3, -0.25) is 4.79 Å². The van der Waals surface area contributed by atoms with E-state index in [-0.39, 0.29) is 0 Å². The Morgan fingerprint density at radius 1 is 1.20 bits per heavy atom. The third-order valence-corrected chi connectivity index (χ3v) is 4.11. The van der Waals surface area contributed by atoms with E-state index in [4.69, 9.17) is 22.4 Å². The molecule has 1 heterocycles. The lowest BCUT2D eigenvalue weighted by Gasteiger charge is -2.04. The highest BCUT2D eigenvalue weighted by molar-refractivity contribution is 6.36. The van der Waals surface area contributed by atoms with Gasteiger partial charge >= 0.3 is 6.09 Å². The Hall–Kier alpha value is -3.06. The zero-order valence-electron chi connectivity index (χ0n) is 13.1. The Kier molecular flexibility index (Phi) is 4.58. The maximum absolute atomic E-state index is 11.5. The number of carboxylic acid groups (broad SMARTS) is 1. The molecule has 0 atom stereocenters. The second kappa shape index (κ2) is 6.82. The third-order valence-electron chi connectivity index (χ3n) is 3.78. The fourth-order valence-corrected chi connectivity index (χ4v) is 2.73. The molecule has 1 aromatic heterocycles. The van der Waals surface area contributed by atoms with E-state index in [1.54, 1.807) is 23.0 Å². The molecule has 0 saturated heterocycles. The Morgan fingerprint density at radius 2 is 1.92 bits per heavy atom. The van der Waals surface area contributed by atoms with Crippen molar-refractivity contribution in [2.24, 2.45) is 5.73 Å². The van der Waals surface area contributed by atoms with Gasteiger partial charge in [0.25, 0.3) is 5.91 Å².